The molecule has 0 saturated heterocycles. The number of ether oxygens (including phenoxy) is 1. The Morgan fingerprint density at radius 1 is 1.10 bits per heavy atom. The highest BCUT2D eigenvalue weighted by atomic mass is 32.1. The Labute approximate surface area is 167 Å². The van der Waals surface area contributed by atoms with Crippen LogP contribution in [0.4, 0.5) is 24.8 Å². The van der Waals surface area contributed by atoms with Gasteiger partial charge in [-0.1, -0.05) is 12.1 Å². The van der Waals surface area contributed by atoms with Crippen LogP contribution in [0.5, 0.6) is 5.88 Å². The van der Waals surface area contributed by atoms with Crippen molar-refractivity contribution < 1.29 is 17.9 Å². The molecule has 148 valence electrons. The Kier molecular flexibility index (Phi) is 4.79. The maximum atomic E-state index is 13.0. The summed E-state index contributed by atoms with van der Waals surface area (Å²) in [6, 6.07) is 7.41. The number of hydrogen-bond acceptors (Lipinski definition) is 7. The number of aryl methyl sites for hydroxylation is 1. The van der Waals surface area contributed by atoms with Crippen LogP contribution in [0.25, 0.3) is 22.2 Å². The molecule has 0 amide bonds. The number of aromatic nitrogens is 4. The van der Waals surface area contributed by atoms with Crippen LogP contribution >= 0.6 is 11.3 Å². The summed E-state index contributed by atoms with van der Waals surface area (Å²) in [5.41, 5.74) is 3.90. The fourth-order valence-electron chi connectivity index (χ4n) is 2.88. The maximum absolute atomic E-state index is 13.0. The Morgan fingerprint density at radius 3 is 2.62 bits per heavy atom. The third-order valence-electron chi connectivity index (χ3n) is 4.26. The minimum Gasteiger partial charge on any atom is -0.480 e. The molecule has 0 spiro atoms. The van der Waals surface area contributed by atoms with Crippen molar-refractivity contribution in [2.45, 2.75) is 13.1 Å². The van der Waals surface area contributed by atoms with Gasteiger partial charge in [0.1, 0.15) is 5.56 Å². The number of methoxy groups -OCH3 is 1. The van der Waals surface area contributed by atoms with E-state index in [0.717, 1.165) is 28.6 Å². The second-order valence-electron chi connectivity index (χ2n) is 6.09. The number of halogens is 3. The van der Waals surface area contributed by atoms with Crippen molar-refractivity contribution in [2.75, 3.05) is 12.4 Å². The van der Waals surface area contributed by atoms with Crippen LogP contribution in [0.2, 0.25) is 0 Å². The second kappa shape index (κ2) is 7.28. The summed E-state index contributed by atoms with van der Waals surface area (Å²) in [5, 5.41) is 3.71. The highest BCUT2D eigenvalue weighted by Crippen LogP contribution is 2.35. The quantitative estimate of drug-likeness (QED) is 0.490. The van der Waals surface area contributed by atoms with Gasteiger partial charge in [-0.25, -0.2) is 9.97 Å². The highest BCUT2D eigenvalue weighted by molar-refractivity contribution is 7.10. The number of hydrogen-bond donors (Lipinski definition) is 1. The van der Waals surface area contributed by atoms with Crippen molar-refractivity contribution in [3.63, 3.8) is 0 Å². The number of pyridine rings is 1. The molecule has 4 rings (SSSR count). The number of anilines is 2. The number of fused-ring (bicyclic) bond motifs is 1. The molecule has 0 unspecified atom stereocenters. The SMILES string of the molecule is COc1nc(Nc2ccnc3cc(-c4ncsc4C)ccc23)ncc1C(F)(F)F. The van der Waals surface area contributed by atoms with Gasteiger partial charge in [0.2, 0.25) is 11.8 Å². The van der Waals surface area contributed by atoms with Gasteiger partial charge in [-0.2, -0.15) is 18.2 Å². The standard InChI is InChI=1S/C19H14F3N5OS/c1-10-16(25-9-29-10)11-3-4-12-14(5-6-23-15(12)7-11)26-18-24-8-13(19(20,21)22)17(27-18)28-2/h3-9H,1-2H3,(H,23,24,26,27). The minimum atomic E-state index is -4.60. The molecule has 6 nitrogen and oxygen atoms in total. The fourth-order valence-corrected chi connectivity index (χ4v) is 3.48. The number of alkyl halides is 3. The molecular formula is C19H14F3N5OS. The molecule has 0 saturated carbocycles. The first-order chi connectivity index (χ1) is 13.9. The summed E-state index contributed by atoms with van der Waals surface area (Å²) in [6.45, 7) is 2.00. The van der Waals surface area contributed by atoms with Crippen LogP contribution < -0.4 is 10.1 Å². The fraction of sp³-hybridized carbons (Fsp3) is 0.158. The molecule has 4 aromatic rings. The Balaban J connectivity index is 1.71. The minimum absolute atomic E-state index is 0.0122. The van der Waals surface area contributed by atoms with Crippen molar-refractivity contribution in [1.29, 1.82) is 0 Å². The van der Waals surface area contributed by atoms with E-state index in [9.17, 15) is 13.2 Å². The number of benzene rings is 1. The van der Waals surface area contributed by atoms with Crippen LogP contribution in [0.15, 0.2) is 42.2 Å². The van der Waals surface area contributed by atoms with E-state index in [2.05, 4.69) is 25.3 Å². The molecule has 0 aliphatic rings. The third-order valence-corrected chi connectivity index (χ3v) is 5.02. The second-order valence-corrected chi connectivity index (χ2v) is 7.15. The van der Waals surface area contributed by atoms with Gasteiger partial charge < -0.3 is 10.1 Å². The van der Waals surface area contributed by atoms with Crippen molar-refractivity contribution in [1.82, 2.24) is 19.9 Å². The number of rotatable bonds is 4. The topological polar surface area (TPSA) is 72.8 Å². The van der Waals surface area contributed by atoms with Crippen LogP contribution in [-0.2, 0) is 6.18 Å². The van der Waals surface area contributed by atoms with Gasteiger partial charge in [0.25, 0.3) is 0 Å². The lowest BCUT2D eigenvalue weighted by Gasteiger charge is -2.13. The van der Waals surface area contributed by atoms with Crippen molar-refractivity contribution in [3.8, 4) is 17.1 Å². The summed E-state index contributed by atoms with van der Waals surface area (Å²) < 4.78 is 43.8. The monoisotopic (exact) mass is 417 g/mol. The largest absolute Gasteiger partial charge is 0.480 e. The molecule has 3 heterocycles. The zero-order valence-electron chi connectivity index (χ0n) is 15.3. The van der Waals surface area contributed by atoms with E-state index in [4.69, 9.17) is 4.74 Å². The number of nitrogens with one attached hydrogen (secondary N) is 1. The van der Waals surface area contributed by atoms with Gasteiger partial charge in [-0.15, -0.1) is 11.3 Å². The summed E-state index contributed by atoms with van der Waals surface area (Å²) in [5.74, 6) is -0.559. The third kappa shape index (κ3) is 3.70. The van der Waals surface area contributed by atoms with Crippen LogP contribution in [0.3, 0.4) is 0 Å². The van der Waals surface area contributed by atoms with E-state index in [0.29, 0.717) is 17.4 Å². The summed E-state index contributed by atoms with van der Waals surface area (Å²) in [4.78, 5) is 17.5. The van der Waals surface area contributed by atoms with Crippen molar-refractivity contribution >= 4 is 33.9 Å². The molecule has 1 aromatic carbocycles. The molecule has 0 atom stereocenters. The first kappa shape index (κ1) is 19.1. The summed E-state index contributed by atoms with van der Waals surface area (Å²) in [7, 11) is 1.13. The van der Waals surface area contributed by atoms with Crippen LogP contribution in [0, 0.1) is 6.92 Å². The lowest BCUT2D eigenvalue weighted by atomic mass is 10.1. The Morgan fingerprint density at radius 2 is 1.93 bits per heavy atom. The molecule has 10 heteroatoms. The lowest BCUT2D eigenvalue weighted by Crippen LogP contribution is -2.11. The summed E-state index contributed by atoms with van der Waals surface area (Å²) >= 11 is 1.56. The molecule has 0 fully saturated rings. The zero-order valence-corrected chi connectivity index (χ0v) is 16.1. The van der Waals surface area contributed by atoms with E-state index in [1.165, 1.54) is 0 Å². The molecule has 3 aromatic heterocycles. The Bertz CT molecular complexity index is 1190. The van der Waals surface area contributed by atoms with E-state index in [1.807, 2.05) is 25.1 Å². The van der Waals surface area contributed by atoms with Crippen molar-refractivity contribution in [2.24, 2.45) is 0 Å². The normalized spacial score (nSPS) is 11.6. The zero-order chi connectivity index (χ0) is 20.6. The highest BCUT2D eigenvalue weighted by Gasteiger charge is 2.36. The smallest absolute Gasteiger partial charge is 0.423 e. The average molecular weight is 417 g/mol. The van der Waals surface area contributed by atoms with Gasteiger partial charge in [0, 0.05) is 28.2 Å². The predicted octanol–water partition coefficient (Wildman–Crippen LogP) is 5.23. The van der Waals surface area contributed by atoms with Gasteiger partial charge in [0.05, 0.1) is 29.5 Å². The molecule has 0 aliphatic carbocycles. The van der Waals surface area contributed by atoms with E-state index in [1.54, 1.807) is 29.1 Å². The van der Waals surface area contributed by atoms with E-state index in [-0.39, 0.29) is 5.95 Å². The first-order valence-electron chi connectivity index (χ1n) is 8.41. The summed E-state index contributed by atoms with van der Waals surface area (Å²) in [6.07, 6.45) is -2.30. The van der Waals surface area contributed by atoms with E-state index < -0.39 is 17.6 Å². The predicted molar refractivity (Wildman–Crippen MR) is 104 cm³/mol. The number of nitrogens with zero attached hydrogens (tertiary/aromatic N) is 4. The van der Waals surface area contributed by atoms with Gasteiger partial charge in [0.15, 0.2) is 0 Å². The van der Waals surface area contributed by atoms with E-state index >= 15 is 0 Å². The Hall–Kier alpha value is -3.27. The number of thiazole rings is 1. The maximum Gasteiger partial charge on any atom is 0.423 e. The first-order valence-corrected chi connectivity index (χ1v) is 9.29. The van der Waals surface area contributed by atoms with Gasteiger partial charge in [-0.3, -0.25) is 4.98 Å². The molecule has 0 radical (unpaired) electrons. The molecule has 0 aliphatic heterocycles. The van der Waals surface area contributed by atoms with Crippen LogP contribution in [0.1, 0.15) is 10.4 Å². The molecule has 29 heavy (non-hydrogen) atoms. The van der Waals surface area contributed by atoms with Crippen molar-refractivity contribution in [3.05, 3.63) is 52.6 Å². The van der Waals surface area contributed by atoms with Gasteiger partial charge >= 0.3 is 6.18 Å². The van der Waals surface area contributed by atoms with Gasteiger partial charge in [-0.05, 0) is 19.1 Å². The average Bonchev–Trinajstić information content (AvgIpc) is 3.12. The molecule has 1 N–H and O–H groups in total. The lowest BCUT2D eigenvalue weighted by molar-refractivity contribution is -0.139. The molecule has 0 bridgehead atoms. The van der Waals surface area contributed by atoms with Crippen LogP contribution in [-0.4, -0.2) is 27.0 Å². The molecular weight excluding hydrogens is 403 g/mol.